The van der Waals surface area contributed by atoms with Gasteiger partial charge in [-0.05, 0) is 37.8 Å². The maximum atomic E-state index is 13.8. The molecule has 1 rings (SSSR count). The summed E-state index contributed by atoms with van der Waals surface area (Å²) >= 11 is 0. The molecular weight excluding hydrogens is 213 g/mol. The van der Waals surface area contributed by atoms with Crippen molar-refractivity contribution in [3.05, 3.63) is 35.6 Å². The van der Waals surface area contributed by atoms with Gasteiger partial charge in [0.15, 0.2) is 0 Å². The fourth-order valence-corrected chi connectivity index (χ4v) is 1.94. The average Bonchev–Trinajstić information content (AvgIpc) is 2.30. The number of rotatable bonds is 7. The molecule has 0 saturated carbocycles. The highest BCUT2D eigenvalue weighted by molar-refractivity contribution is 5.21. The van der Waals surface area contributed by atoms with Crippen LogP contribution in [0.4, 0.5) is 4.39 Å². The second-order valence-electron chi connectivity index (χ2n) is 5.00. The van der Waals surface area contributed by atoms with Gasteiger partial charge in [-0.15, -0.1) is 0 Å². The first kappa shape index (κ1) is 14.2. The minimum absolute atomic E-state index is 0.0927. The maximum Gasteiger partial charge on any atom is 0.127 e. The van der Waals surface area contributed by atoms with Crippen LogP contribution >= 0.6 is 0 Å². The minimum Gasteiger partial charge on any atom is -0.310 e. The summed E-state index contributed by atoms with van der Waals surface area (Å²) in [6.45, 7) is 7.49. The molecule has 0 bridgehead atoms. The molecule has 0 heterocycles. The molecule has 0 aliphatic rings. The van der Waals surface area contributed by atoms with E-state index in [9.17, 15) is 4.39 Å². The van der Waals surface area contributed by atoms with Crippen LogP contribution in [-0.4, -0.2) is 6.54 Å². The normalized spacial score (nSPS) is 13.0. The van der Waals surface area contributed by atoms with Gasteiger partial charge in [0.25, 0.3) is 0 Å². The Morgan fingerprint density at radius 3 is 2.47 bits per heavy atom. The topological polar surface area (TPSA) is 12.0 Å². The number of hydrogen-bond acceptors (Lipinski definition) is 1. The van der Waals surface area contributed by atoms with Crippen LogP contribution in [0.3, 0.4) is 0 Å². The maximum absolute atomic E-state index is 13.8. The quantitative estimate of drug-likeness (QED) is 0.745. The molecule has 17 heavy (non-hydrogen) atoms. The molecule has 96 valence electrons. The van der Waals surface area contributed by atoms with Crippen LogP contribution in [0.5, 0.6) is 0 Å². The van der Waals surface area contributed by atoms with Gasteiger partial charge in [0.2, 0.25) is 0 Å². The monoisotopic (exact) mass is 237 g/mol. The zero-order valence-electron chi connectivity index (χ0n) is 11.2. The third-order valence-electron chi connectivity index (χ3n) is 2.95. The van der Waals surface area contributed by atoms with Crippen molar-refractivity contribution in [1.29, 1.82) is 0 Å². The molecule has 1 atom stereocenters. The minimum atomic E-state index is -0.0927. The van der Waals surface area contributed by atoms with Crippen molar-refractivity contribution < 1.29 is 4.39 Å². The predicted octanol–water partition coefficient (Wildman–Crippen LogP) is 4.30. The van der Waals surface area contributed by atoms with Crippen LogP contribution < -0.4 is 5.32 Å². The fraction of sp³-hybridized carbons (Fsp3) is 0.600. The lowest BCUT2D eigenvalue weighted by molar-refractivity contribution is 0.427. The van der Waals surface area contributed by atoms with Crippen LogP contribution in [0.15, 0.2) is 24.3 Å². The average molecular weight is 237 g/mol. The summed E-state index contributed by atoms with van der Waals surface area (Å²) in [6.07, 6.45) is 3.20. The summed E-state index contributed by atoms with van der Waals surface area (Å²) in [7, 11) is 0. The third-order valence-corrected chi connectivity index (χ3v) is 2.95. The SMILES string of the molecule is CCCNC(CCC(C)C)c1ccccc1F. The van der Waals surface area contributed by atoms with Crippen LogP contribution in [-0.2, 0) is 0 Å². The molecule has 2 heteroatoms. The molecule has 0 spiro atoms. The highest BCUT2D eigenvalue weighted by atomic mass is 19.1. The highest BCUT2D eigenvalue weighted by Gasteiger charge is 2.14. The summed E-state index contributed by atoms with van der Waals surface area (Å²) in [5.74, 6) is 0.567. The van der Waals surface area contributed by atoms with E-state index in [1.165, 1.54) is 0 Å². The first-order valence-electron chi connectivity index (χ1n) is 6.63. The number of hydrogen-bond donors (Lipinski definition) is 1. The fourth-order valence-electron chi connectivity index (χ4n) is 1.94. The first-order chi connectivity index (χ1) is 8.15. The third kappa shape index (κ3) is 4.86. The van der Waals surface area contributed by atoms with E-state index in [0.29, 0.717) is 5.92 Å². The van der Waals surface area contributed by atoms with Gasteiger partial charge in [0.05, 0.1) is 0 Å². The van der Waals surface area contributed by atoms with Gasteiger partial charge in [0, 0.05) is 11.6 Å². The van der Waals surface area contributed by atoms with Gasteiger partial charge in [-0.2, -0.15) is 0 Å². The Bertz CT molecular complexity index is 322. The van der Waals surface area contributed by atoms with Gasteiger partial charge in [-0.25, -0.2) is 4.39 Å². The van der Waals surface area contributed by atoms with E-state index in [4.69, 9.17) is 0 Å². The van der Waals surface area contributed by atoms with Gasteiger partial charge in [-0.3, -0.25) is 0 Å². The second kappa shape index (κ2) is 7.44. The van der Waals surface area contributed by atoms with Crippen molar-refractivity contribution in [1.82, 2.24) is 5.32 Å². The van der Waals surface area contributed by atoms with Crippen LogP contribution in [0.1, 0.15) is 51.6 Å². The zero-order valence-corrected chi connectivity index (χ0v) is 11.2. The van der Waals surface area contributed by atoms with E-state index in [1.807, 2.05) is 12.1 Å². The lowest BCUT2D eigenvalue weighted by atomic mass is 9.97. The first-order valence-corrected chi connectivity index (χ1v) is 6.63. The molecule has 0 aromatic heterocycles. The summed E-state index contributed by atoms with van der Waals surface area (Å²) in [5, 5.41) is 3.44. The standard InChI is InChI=1S/C15H24FN/c1-4-11-17-15(10-9-12(2)3)13-7-5-6-8-14(13)16/h5-8,12,15,17H,4,9-11H2,1-3H3. The second-order valence-corrected chi connectivity index (χ2v) is 5.00. The Morgan fingerprint density at radius 2 is 1.88 bits per heavy atom. The molecule has 1 aromatic carbocycles. The van der Waals surface area contributed by atoms with Crippen LogP contribution in [0.2, 0.25) is 0 Å². The smallest absolute Gasteiger partial charge is 0.127 e. The predicted molar refractivity (Wildman–Crippen MR) is 71.5 cm³/mol. The Kier molecular flexibility index (Phi) is 6.20. The largest absolute Gasteiger partial charge is 0.310 e. The van der Waals surface area contributed by atoms with E-state index >= 15 is 0 Å². The molecule has 1 unspecified atom stereocenters. The molecule has 0 saturated heterocycles. The van der Waals surface area contributed by atoms with E-state index in [1.54, 1.807) is 12.1 Å². The van der Waals surface area contributed by atoms with Gasteiger partial charge < -0.3 is 5.32 Å². The molecule has 0 aliphatic carbocycles. The highest BCUT2D eigenvalue weighted by Crippen LogP contribution is 2.23. The molecule has 1 N–H and O–H groups in total. The van der Waals surface area contributed by atoms with Gasteiger partial charge in [0.1, 0.15) is 5.82 Å². The van der Waals surface area contributed by atoms with Gasteiger partial charge in [-0.1, -0.05) is 39.0 Å². The summed E-state index contributed by atoms with van der Waals surface area (Å²) < 4.78 is 13.8. The lowest BCUT2D eigenvalue weighted by Crippen LogP contribution is -2.23. The van der Waals surface area contributed by atoms with E-state index < -0.39 is 0 Å². The molecular formula is C15H24FN. The Morgan fingerprint density at radius 1 is 1.18 bits per heavy atom. The molecule has 0 aliphatic heterocycles. The molecule has 0 fully saturated rings. The van der Waals surface area contributed by atoms with Crippen molar-refractivity contribution in [2.45, 2.75) is 46.1 Å². The number of benzene rings is 1. The van der Waals surface area contributed by atoms with Crippen LogP contribution in [0, 0.1) is 11.7 Å². The summed E-state index contributed by atoms with van der Waals surface area (Å²) in [5.41, 5.74) is 0.807. The van der Waals surface area contributed by atoms with Gasteiger partial charge >= 0.3 is 0 Å². The summed E-state index contributed by atoms with van der Waals surface area (Å²) in [4.78, 5) is 0. The van der Waals surface area contributed by atoms with Crippen LogP contribution in [0.25, 0.3) is 0 Å². The molecule has 0 amide bonds. The van der Waals surface area contributed by atoms with Crippen molar-refractivity contribution in [2.75, 3.05) is 6.54 Å². The van der Waals surface area contributed by atoms with Crippen molar-refractivity contribution in [3.63, 3.8) is 0 Å². The van der Waals surface area contributed by atoms with Crippen molar-refractivity contribution in [2.24, 2.45) is 5.92 Å². The Hall–Kier alpha value is -0.890. The van der Waals surface area contributed by atoms with Crippen molar-refractivity contribution >= 4 is 0 Å². The molecule has 1 aromatic rings. The van der Waals surface area contributed by atoms with E-state index in [-0.39, 0.29) is 11.9 Å². The number of nitrogens with one attached hydrogen (secondary N) is 1. The van der Waals surface area contributed by atoms with E-state index in [2.05, 4.69) is 26.1 Å². The lowest BCUT2D eigenvalue weighted by Gasteiger charge is -2.20. The molecule has 0 radical (unpaired) electrons. The zero-order chi connectivity index (χ0) is 12.7. The number of halogens is 1. The molecule has 1 nitrogen and oxygen atoms in total. The van der Waals surface area contributed by atoms with E-state index in [0.717, 1.165) is 31.4 Å². The van der Waals surface area contributed by atoms with Crippen molar-refractivity contribution in [3.8, 4) is 0 Å². The Labute approximate surface area is 104 Å². The Balaban J connectivity index is 2.71. The summed E-state index contributed by atoms with van der Waals surface area (Å²) in [6, 6.07) is 7.25.